The maximum Gasteiger partial charge on any atom is 0.334 e. The summed E-state index contributed by atoms with van der Waals surface area (Å²) >= 11 is 0. The molecule has 0 radical (unpaired) electrons. The van der Waals surface area contributed by atoms with E-state index in [1.807, 2.05) is 13.0 Å². The first-order valence-corrected chi connectivity index (χ1v) is 18.6. The van der Waals surface area contributed by atoms with Gasteiger partial charge in [0.2, 0.25) is 0 Å². The minimum absolute atomic E-state index is 0.0519. The van der Waals surface area contributed by atoms with Crippen LogP contribution in [-0.4, -0.2) is 70.1 Å². The number of unbranched alkanes of at least 4 members (excludes halogenated alkanes) is 14. The molecule has 0 aromatic heterocycles. The van der Waals surface area contributed by atoms with Gasteiger partial charge in [-0.2, -0.15) is 0 Å². The summed E-state index contributed by atoms with van der Waals surface area (Å²) in [6.45, 7) is 4.09. The average molecular weight is 623 g/mol. The second-order valence-electron chi connectivity index (χ2n) is 14.0. The molecular formula is C37H66O7. The fourth-order valence-electron chi connectivity index (χ4n) is 7.28. The molecule has 3 N–H and O–H groups in total. The number of hydrogen-bond acceptors (Lipinski definition) is 7. The van der Waals surface area contributed by atoms with E-state index < -0.39 is 12.2 Å². The van der Waals surface area contributed by atoms with Crippen molar-refractivity contribution in [2.24, 2.45) is 0 Å². The molecule has 3 aliphatic heterocycles. The molecule has 0 spiro atoms. The number of cyclic esters (lactones) is 1. The summed E-state index contributed by atoms with van der Waals surface area (Å²) in [7, 11) is 0. The Morgan fingerprint density at radius 2 is 1.09 bits per heavy atom. The molecule has 0 saturated carbocycles. The van der Waals surface area contributed by atoms with E-state index in [4.69, 9.17) is 14.2 Å². The first kappa shape index (κ1) is 37.5. The third-order valence-electron chi connectivity index (χ3n) is 10.0. The lowest BCUT2D eigenvalue weighted by molar-refractivity contribution is -0.139. The molecule has 7 nitrogen and oxygen atoms in total. The quantitative estimate of drug-likeness (QED) is 0.0703. The number of aliphatic hydroxyl groups excluding tert-OH is 3. The molecule has 3 rings (SSSR count). The Labute approximate surface area is 268 Å². The Balaban J connectivity index is 1.13. The molecule has 3 heterocycles. The Morgan fingerprint density at radius 3 is 1.52 bits per heavy atom. The zero-order valence-corrected chi connectivity index (χ0v) is 28.1. The Morgan fingerprint density at radius 1 is 0.659 bits per heavy atom. The highest BCUT2D eigenvalue weighted by molar-refractivity contribution is 5.90. The molecule has 0 amide bonds. The van der Waals surface area contributed by atoms with Crippen molar-refractivity contribution in [2.45, 2.75) is 217 Å². The molecule has 2 fully saturated rings. The lowest BCUT2D eigenvalue weighted by Crippen LogP contribution is -2.33. The summed E-state index contributed by atoms with van der Waals surface area (Å²) in [5.41, 5.74) is 0.617. The summed E-state index contributed by atoms with van der Waals surface area (Å²) in [5, 5.41) is 31.6. The van der Waals surface area contributed by atoms with Gasteiger partial charge in [-0.3, -0.25) is 0 Å². The molecule has 256 valence electrons. The molecular weight excluding hydrogens is 556 g/mol. The predicted octanol–water partition coefficient (Wildman–Crippen LogP) is 7.86. The Bertz CT molecular complexity index is 801. The van der Waals surface area contributed by atoms with Crippen LogP contribution in [0.1, 0.15) is 168 Å². The van der Waals surface area contributed by atoms with Gasteiger partial charge in [0.05, 0.1) is 42.7 Å². The smallest absolute Gasteiger partial charge is 0.334 e. The summed E-state index contributed by atoms with van der Waals surface area (Å²) in [5.74, 6) is -0.281. The predicted molar refractivity (Wildman–Crippen MR) is 175 cm³/mol. The van der Waals surface area contributed by atoms with Gasteiger partial charge in [0, 0.05) is 12.0 Å². The number of esters is 1. The molecule has 0 bridgehead atoms. The van der Waals surface area contributed by atoms with Crippen LogP contribution in [0.4, 0.5) is 0 Å². The van der Waals surface area contributed by atoms with Crippen LogP contribution in [0.25, 0.3) is 0 Å². The van der Waals surface area contributed by atoms with Crippen LogP contribution in [0.5, 0.6) is 0 Å². The fourth-order valence-corrected chi connectivity index (χ4v) is 7.28. The number of aliphatic hydroxyl groups is 3. The van der Waals surface area contributed by atoms with E-state index >= 15 is 0 Å². The van der Waals surface area contributed by atoms with E-state index in [0.29, 0.717) is 12.0 Å². The monoisotopic (exact) mass is 622 g/mol. The highest BCUT2D eigenvalue weighted by atomic mass is 16.6. The van der Waals surface area contributed by atoms with Crippen LogP contribution < -0.4 is 0 Å². The summed E-state index contributed by atoms with van der Waals surface area (Å²) < 4.78 is 17.7. The van der Waals surface area contributed by atoms with E-state index in [-0.39, 0.29) is 42.6 Å². The highest BCUT2D eigenvalue weighted by Crippen LogP contribution is 2.34. The minimum Gasteiger partial charge on any atom is -0.455 e. The second kappa shape index (κ2) is 21.7. The van der Waals surface area contributed by atoms with E-state index in [0.717, 1.165) is 77.0 Å². The van der Waals surface area contributed by atoms with Crippen molar-refractivity contribution in [1.29, 1.82) is 0 Å². The van der Waals surface area contributed by atoms with Crippen molar-refractivity contribution in [1.82, 2.24) is 0 Å². The van der Waals surface area contributed by atoms with Crippen LogP contribution in [0.15, 0.2) is 11.6 Å². The maximum absolute atomic E-state index is 11.7. The molecule has 0 aromatic carbocycles. The second-order valence-corrected chi connectivity index (χ2v) is 14.0. The Hall–Kier alpha value is -0.990. The van der Waals surface area contributed by atoms with E-state index in [1.54, 1.807) is 0 Å². The van der Waals surface area contributed by atoms with Gasteiger partial charge in [-0.1, -0.05) is 110 Å². The van der Waals surface area contributed by atoms with Gasteiger partial charge < -0.3 is 29.5 Å². The van der Waals surface area contributed by atoms with Crippen molar-refractivity contribution in [3.8, 4) is 0 Å². The maximum atomic E-state index is 11.7. The third kappa shape index (κ3) is 14.2. The van der Waals surface area contributed by atoms with Crippen LogP contribution in [0.2, 0.25) is 0 Å². The number of ether oxygens (including phenoxy) is 3. The largest absolute Gasteiger partial charge is 0.455 e. The zero-order valence-electron chi connectivity index (χ0n) is 28.1. The standard InChI is InChI=1S/C37H66O7/c1-3-4-5-6-7-11-14-17-20-31(39)33-22-24-35(43-33)36-25-23-34(44-36)32(40)21-18-15-12-9-8-10-13-16-19-30(38)27-29-26-28(2)42-37(29)41/h26,28,30-36,38-40H,3-25,27H2,1-2H3/t28?,30-,31+,32-,33+,34+,35+,36+/m1/s1. The van der Waals surface area contributed by atoms with E-state index in [9.17, 15) is 20.1 Å². The molecule has 1 unspecified atom stereocenters. The summed E-state index contributed by atoms with van der Waals surface area (Å²) in [4.78, 5) is 11.7. The Kier molecular flexibility index (Phi) is 18.5. The first-order chi connectivity index (χ1) is 21.4. The van der Waals surface area contributed by atoms with Crippen molar-refractivity contribution >= 4 is 5.97 Å². The zero-order chi connectivity index (χ0) is 31.6. The van der Waals surface area contributed by atoms with Crippen molar-refractivity contribution < 1.29 is 34.3 Å². The molecule has 0 aliphatic carbocycles. The lowest BCUT2D eigenvalue weighted by Gasteiger charge is -2.24. The molecule has 2 saturated heterocycles. The van der Waals surface area contributed by atoms with Crippen molar-refractivity contribution in [3.63, 3.8) is 0 Å². The van der Waals surface area contributed by atoms with Gasteiger partial charge in [0.1, 0.15) is 6.10 Å². The molecule has 8 atom stereocenters. The highest BCUT2D eigenvalue weighted by Gasteiger charge is 2.40. The van der Waals surface area contributed by atoms with Crippen LogP contribution in [0, 0.1) is 0 Å². The van der Waals surface area contributed by atoms with E-state index in [2.05, 4.69) is 6.92 Å². The van der Waals surface area contributed by atoms with Crippen LogP contribution in [-0.2, 0) is 19.0 Å². The van der Waals surface area contributed by atoms with Crippen LogP contribution in [0.3, 0.4) is 0 Å². The lowest BCUT2D eigenvalue weighted by atomic mass is 10.00. The normalized spacial score (nSPS) is 27.4. The molecule has 7 heteroatoms. The van der Waals surface area contributed by atoms with Crippen molar-refractivity contribution in [2.75, 3.05) is 0 Å². The van der Waals surface area contributed by atoms with Gasteiger partial charge >= 0.3 is 5.97 Å². The first-order valence-electron chi connectivity index (χ1n) is 18.6. The fraction of sp³-hybridized carbons (Fsp3) is 0.919. The summed E-state index contributed by atoms with van der Waals surface area (Å²) in [6, 6.07) is 0. The SMILES string of the molecule is CCCCCCCCCC[C@H](O)[C@@H]1CC[C@@H]([C@@H]2CC[C@@H]([C@H](O)CCCCCCCCCC[C@@H](O)CC3=CC(C)OC3=O)O2)O1. The van der Waals surface area contributed by atoms with Crippen molar-refractivity contribution in [3.05, 3.63) is 11.6 Å². The topological polar surface area (TPSA) is 105 Å². The number of carbonyl (C=O) groups excluding carboxylic acids is 1. The van der Waals surface area contributed by atoms with Gasteiger partial charge in [-0.15, -0.1) is 0 Å². The average Bonchev–Trinajstić information content (AvgIpc) is 3.75. The minimum atomic E-state index is -0.463. The number of carbonyl (C=O) groups is 1. The van der Waals surface area contributed by atoms with Gasteiger partial charge in [-0.25, -0.2) is 4.79 Å². The molecule has 44 heavy (non-hydrogen) atoms. The molecule has 0 aromatic rings. The van der Waals surface area contributed by atoms with Gasteiger partial charge in [0.15, 0.2) is 0 Å². The third-order valence-corrected chi connectivity index (χ3v) is 10.0. The van der Waals surface area contributed by atoms with Crippen LogP contribution >= 0.6 is 0 Å². The summed E-state index contributed by atoms with van der Waals surface area (Å²) in [6.07, 6.45) is 26.1. The number of rotatable bonds is 25. The number of hydrogen-bond donors (Lipinski definition) is 3. The molecule has 3 aliphatic rings. The van der Waals surface area contributed by atoms with E-state index in [1.165, 1.54) is 70.6 Å². The van der Waals surface area contributed by atoms with Gasteiger partial charge in [-0.05, 0) is 57.9 Å². The van der Waals surface area contributed by atoms with Gasteiger partial charge in [0.25, 0.3) is 0 Å².